The Balaban J connectivity index is 0.00000128. The van der Waals surface area contributed by atoms with Gasteiger partial charge in [-0.05, 0) is 37.2 Å². The van der Waals surface area contributed by atoms with Crippen LogP contribution in [0, 0.1) is 5.92 Å². The Hall–Kier alpha value is -0.580. The molecule has 1 aliphatic heterocycles. The van der Waals surface area contributed by atoms with E-state index in [0.29, 0.717) is 0 Å². The predicted molar refractivity (Wildman–Crippen MR) is 71.0 cm³/mol. The van der Waals surface area contributed by atoms with Gasteiger partial charge in [-0.1, -0.05) is 15.9 Å². The summed E-state index contributed by atoms with van der Waals surface area (Å²) < 4.78 is 1.02. The maximum Gasteiger partial charge on any atom is 0.228 e. The van der Waals surface area contributed by atoms with E-state index < -0.39 is 0 Å². The topological polar surface area (TPSA) is 41.1 Å². The number of rotatable bonds is 2. The summed E-state index contributed by atoms with van der Waals surface area (Å²) in [6.45, 7) is 1.74. The number of anilines is 1. The zero-order valence-corrected chi connectivity index (χ0v) is 11.1. The minimum atomic E-state index is 0. The third-order valence-electron chi connectivity index (χ3n) is 2.54. The van der Waals surface area contributed by atoms with Gasteiger partial charge in [0.1, 0.15) is 0 Å². The Kier molecular flexibility index (Phi) is 5.25. The molecular weight excluding hydrogens is 291 g/mol. The molecule has 0 aliphatic carbocycles. The number of carbonyl (C=O) groups excluding carboxylic acids is 1. The van der Waals surface area contributed by atoms with Crippen molar-refractivity contribution in [2.45, 2.75) is 6.42 Å². The van der Waals surface area contributed by atoms with Gasteiger partial charge >= 0.3 is 0 Å². The molecule has 88 valence electrons. The van der Waals surface area contributed by atoms with Crippen LogP contribution in [-0.4, -0.2) is 19.0 Å². The molecule has 0 aromatic heterocycles. The van der Waals surface area contributed by atoms with E-state index >= 15 is 0 Å². The Bertz CT molecular complexity index is 350. The minimum Gasteiger partial charge on any atom is -0.326 e. The number of carbonyl (C=O) groups is 1. The van der Waals surface area contributed by atoms with Crippen LogP contribution in [0.4, 0.5) is 5.69 Å². The lowest BCUT2D eigenvalue weighted by Crippen LogP contribution is -2.24. The second-order valence-electron chi connectivity index (χ2n) is 3.69. The van der Waals surface area contributed by atoms with Crippen molar-refractivity contribution >= 4 is 39.9 Å². The number of hydrogen-bond donors (Lipinski definition) is 2. The van der Waals surface area contributed by atoms with Gasteiger partial charge in [-0.25, -0.2) is 0 Å². The molecule has 0 spiro atoms. The number of halogens is 2. The lowest BCUT2D eigenvalue weighted by Gasteiger charge is -2.09. The van der Waals surface area contributed by atoms with Gasteiger partial charge in [-0.15, -0.1) is 12.4 Å². The van der Waals surface area contributed by atoms with Gasteiger partial charge in [0.2, 0.25) is 5.91 Å². The fourth-order valence-corrected chi connectivity index (χ4v) is 1.92. The second kappa shape index (κ2) is 6.23. The molecule has 0 unspecified atom stereocenters. The van der Waals surface area contributed by atoms with Gasteiger partial charge in [0.25, 0.3) is 0 Å². The fourth-order valence-electron chi connectivity index (χ4n) is 1.66. The summed E-state index contributed by atoms with van der Waals surface area (Å²) in [5.41, 5.74) is 0.857. The van der Waals surface area contributed by atoms with Crippen LogP contribution >= 0.6 is 28.3 Å². The lowest BCUT2D eigenvalue weighted by molar-refractivity contribution is -0.119. The maximum atomic E-state index is 11.7. The summed E-state index contributed by atoms with van der Waals surface area (Å²) in [6, 6.07) is 7.62. The maximum absolute atomic E-state index is 11.7. The second-order valence-corrected chi connectivity index (χ2v) is 4.60. The van der Waals surface area contributed by atoms with Crippen molar-refractivity contribution in [1.82, 2.24) is 5.32 Å². The van der Waals surface area contributed by atoms with Crippen LogP contribution in [0.5, 0.6) is 0 Å². The van der Waals surface area contributed by atoms with E-state index in [1.807, 2.05) is 24.3 Å². The van der Waals surface area contributed by atoms with Crippen LogP contribution in [0.2, 0.25) is 0 Å². The number of amides is 1. The number of hydrogen-bond acceptors (Lipinski definition) is 2. The van der Waals surface area contributed by atoms with Crippen LogP contribution in [-0.2, 0) is 4.79 Å². The number of benzene rings is 1. The van der Waals surface area contributed by atoms with E-state index in [2.05, 4.69) is 26.6 Å². The first-order chi connectivity index (χ1) is 7.25. The Morgan fingerprint density at radius 3 is 2.62 bits per heavy atom. The molecule has 1 amide bonds. The van der Waals surface area contributed by atoms with Gasteiger partial charge < -0.3 is 10.6 Å². The van der Waals surface area contributed by atoms with E-state index in [-0.39, 0.29) is 24.2 Å². The number of nitrogens with one attached hydrogen (secondary N) is 2. The third kappa shape index (κ3) is 3.47. The van der Waals surface area contributed by atoms with Crippen LogP contribution < -0.4 is 10.6 Å². The fraction of sp³-hybridized carbons (Fsp3) is 0.364. The van der Waals surface area contributed by atoms with Crippen molar-refractivity contribution in [3.05, 3.63) is 28.7 Å². The average molecular weight is 306 g/mol. The van der Waals surface area contributed by atoms with E-state index in [0.717, 1.165) is 29.7 Å². The predicted octanol–water partition coefficient (Wildman–Crippen LogP) is 2.42. The van der Waals surface area contributed by atoms with Crippen LogP contribution in [0.15, 0.2) is 28.7 Å². The van der Waals surface area contributed by atoms with Gasteiger partial charge in [-0.2, -0.15) is 0 Å². The summed E-state index contributed by atoms with van der Waals surface area (Å²) in [5, 5.41) is 6.09. The molecule has 1 heterocycles. The highest BCUT2D eigenvalue weighted by molar-refractivity contribution is 9.10. The van der Waals surface area contributed by atoms with Crippen molar-refractivity contribution in [3.8, 4) is 0 Å². The molecule has 0 radical (unpaired) electrons. The van der Waals surface area contributed by atoms with Crippen molar-refractivity contribution in [2.24, 2.45) is 5.92 Å². The van der Waals surface area contributed by atoms with Crippen molar-refractivity contribution < 1.29 is 4.79 Å². The summed E-state index contributed by atoms with van der Waals surface area (Å²) in [7, 11) is 0. The molecule has 2 N–H and O–H groups in total. The normalized spacial score (nSPS) is 18.9. The standard InChI is InChI=1S/C11H13BrN2O.ClH/c12-9-1-3-10(4-2-9)14-11(15)8-5-6-13-7-8;/h1-4,8,13H,5-7H2,(H,14,15);1H/t8-;/m1./s1. The first-order valence-corrected chi connectivity index (χ1v) is 5.82. The molecule has 5 heteroatoms. The van der Waals surface area contributed by atoms with Crippen molar-refractivity contribution in [1.29, 1.82) is 0 Å². The summed E-state index contributed by atoms with van der Waals surface area (Å²) in [5.74, 6) is 0.232. The van der Waals surface area contributed by atoms with Crippen LogP contribution in [0.3, 0.4) is 0 Å². The summed E-state index contributed by atoms with van der Waals surface area (Å²) in [4.78, 5) is 11.7. The highest BCUT2D eigenvalue weighted by Gasteiger charge is 2.22. The molecule has 1 fully saturated rings. The average Bonchev–Trinajstić information content (AvgIpc) is 2.74. The van der Waals surface area contributed by atoms with Crippen molar-refractivity contribution in [3.63, 3.8) is 0 Å². The summed E-state index contributed by atoms with van der Waals surface area (Å²) >= 11 is 3.36. The molecule has 1 aliphatic rings. The molecule has 1 atom stereocenters. The quantitative estimate of drug-likeness (QED) is 0.881. The molecule has 1 saturated heterocycles. The monoisotopic (exact) mass is 304 g/mol. The van der Waals surface area contributed by atoms with E-state index in [4.69, 9.17) is 0 Å². The molecular formula is C11H14BrClN2O. The van der Waals surface area contributed by atoms with Gasteiger partial charge in [0, 0.05) is 16.7 Å². The minimum absolute atomic E-state index is 0. The van der Waals surface area contributed by atoms with Gasteiger partial charge in [0.05, 0.1) is 5.92 Å². The van der Waals surface area contributed by atoms with E-state index in [1.165, 1.54) is 0 Å². The molecule has 3 nitrogen and oxygen atoms in total. The third-order valence-corrected chi connectivity index (χ3v) is 3.07. The largest absolute Gasteiger partial charge is 0.326 e. The van der Waals surface area contributed by atoms with Gasteiger partial charge in [-0.3, -0.25) is 4.79 Å². The molecule has 2 rings (SSSR count). The zero-order valence-electron chi connectivity index (χ0n) is 8.70. The Labute approximate surface area is 110 Å². The summed E-state index contributed by atoms with van der Waals surface area (Å²) in [6.07, 6.45) is 0.933. The zero-order chi connectivity index (χ0) is 10.7. The van der Waals surface area contributed by atoms with E-state index in [9.17, 15) is 4.79 Å². The van der Waals surface area contributed by atoms with E-state index in [1.54, 1.807) is 0 Å². The SMILES string of the molecule is Cl.O=C(Nc1ccc(Br)cc1)[C@@H]1CCNC1. The highest BCUT2D eigenvalue weighted by Crippen LogP contribution is 2.16. The molecule has 0 bridgehead atoms. The van der Waals surface area contributed by atoms with Gasteiger partial charge in [0.15, 0.2) is 0 Å². The first-order valence-electron chi connectivity index (χ1n) is 5.03. The van der Waals surface area contributed by atoms with Crippen molar-refractivity contribution in [2.75, 3.05) is 18.4 Å². The molecule has 0 saturated carbocycles. The first kappa shape index (κ1) is 13.5. The Morgan fingerprint density at radius 2 is 2.06 bits per heavy atom. The molecule has 1 aromatic rings. The molecule has 16 heavy (non-hydrogen) atoms. The molecule has 1 aromatic carbocycles. The van der Waals surface area contributed by atoms with Crippen LogP contribution in [0.25, 0.3) is 0 Å². The Morgan fingerprint density at radius 1 is 1.38 bits per heavy atom. The lowest BCUT2D eigenvalue weighted by atomic mass is 10.1. The smallest absolute Gasteiger partial charge is 0.228 e. The highest BCUT2D eigenvalue weighted by atomic mass is 79.9. The van der Waals surface area contributed by atoms with Crippen LogP contribution in [0.1, 0.15) is 6.42 Å².